The molecule has 0 spiro atoms. The number of aromatic nitrogens is 1. The number of rotatable bonds is 9. The molecule has 0 saturated heterocycles. The highest BCUT2D eigenvalue weighted by Crippen LogP contribution is 2.38. The van der Waals surface area contributed by atoms with Crippen LogP contribution in [0.5, 0.6) is 17.2 Å². The van der Waals surface area contributed by atoms with Crippen LogP contribution in [-0.4, -0.2) is 64.3 Å². The third-order valence-corrected chi connectivity index (χ3v) is 5.80. The van der Waals surface area contributed by atoms with Gasteiger partial charge in [-0.3, -0.25) is 9.69 Å². The summed E-state index contributed by atoms with van der Waals surface area (Å²) >= 11 is 1.06. The Bertz CT molecular complexity index is 1150. The largest absolute Gasteiger partial charge is 0.493 e. The number of thiazole rings is 1. The van der Waals surface area contributed by atoms with Crippen molar-refractivity contribution in [3.8, 4) is 17.2 Å². The zero-order valence-corrected chi connectivity index (χ0v) is 19.8. The zero-order chi connectivity index (χ0) is 24.1. The van der Waals surface area contributed by atoms with Crippen molar-refractivity contribution in [3.63, 3.8) is 0 Å². The fourth-order valence-electron chi connectivity index (χ4n) is 3.12. The fraction of sp³-hybridized carbons (Fsp3) is 0.304. The van der Waals surface area contributed by atoms with Gasteiger partial charge in [0.2, 0.25) is 5.75 Å². The lowest BCUT2D eigenvalue weighted by Gasteiger charge is -2.20. The molecule has 3 rings (SSSR count). The van der Waals surface area contributed by atoms with Crippen molar-refractivity contribution in [2.45, 2.75) is 0 Å². The molecule has 1 heterocycles. The van der Waals surface area contributed by atoms with E-state index in [-0.39, 0.29) is 16.6 Å². The van der Waals surface area contributed by atoms with Crippen molar-refractivity contribution < 1.29 is 27.8 Å². The SMILES string of the molecule is COc1cc(C=CC(=O)N(CCN(C)C)c2nc3c(F)cc(F)cc3s2)cc(OC)c1OC. The van der Waals surface area contributed by atoms with Crippen molar-refractivity contribution in [3.05, 3.63) is 47.5 Å². The maximum absolute atomic E-state index is 14.2. The Labute approximate surface area is 194 Å². The van der Waals surface area contributed by atoms with E-state index >= 15 is 0 Å². The van der Waals surface area contributed by atoms with Gasteiger partial charge in [0.05, 0.1) is 26.0 Å². The van der Waals surface area contributed by atoms with Crippen LogP contribution < -0.4 is 19.1 Å². The molecule has 0 fully saturated rings. The lowest BCUT2D eigenvalue weighted by atomic mass is 10.1. The highest BCUT2D eigenvalue weighted by atomic mass is 32.1. The summed E-state index contributed by atoms with van der Waals surface area (Å²) < 4.78 is 44.1. The first-order valence-corrected chi connectivity index (χ1v) is 10.8. The van der Waals surface area contributed by atoms with Crippen LogP contribution in [0.15, 0.2) is 30.3 Å². The van der Waals surface area contributed by atoms with Gasteiger partial charge >= 0.3 is 0 Å². The molecule has 0 bridgehead atoms. The molecule has 0 N–H and O–H groups in total. The van der Waals surface area contributed by atoms with E-state index in [0.717, 1.165) is 17.4 Å². The molecule has 0 aliphatic rings. The highest BCUT2D eigenvalue weighted by Gasteiger charge is 2.20. The number of nitrogens with zero attached hydrogens (tertiary/aromatic N) is 3. The minimum absolute atomic E-state index is 0.0349. The van der Waals surface area contributed by atoms with Gasteiger partial charge in [0.25, 0.3) is 5.91 Å². The lowest BCUT2D eigenvalue weighted by Crippen LogP contribution is -2.35. The highest BCUT2D eigenvalue weighted by molar-refractivity contribution is 7.22. The molecule has 0 atom stereocenters. The Hall–Kier alpha value is -3.24. The third kappa shape index (κ3) is 5.58. The summed E-state index contributed by atoms with van der Waals surface area (Å²) in [4.78, 5) is 20.7. The van der Waals surface area contributed by atoms with Gasteiger partial charge in [0.15, 0.2) is 22.4 Å². The fourth-order valence-corrected chi connectivity index (χ4v) is 4.15. The number of carbonyl (C=O) groups excluding carboxylic acids is 1. The zero-order valence-electron chi connectivity index (χ0n) is 19.0. The first-order valence-electron chi connectivity index (χ1n) is 9.97. The molecule has 176 valence electrons. The molecule has 33 heavy (non-hydrogen) atoms. The van der Waals surface area contributed by atoms with Crippen LogP contribution in [0.4, 0.5) is 13.9 Å². The van der Waals surface area contributed by atoms with Crippen LogP contribution >= 0.6 is 11.3 Å². The van der Waals surface area contributed by atoms with E-state index in [2.05, 4.69) is 4.98 Å². The Morgan fingerprint density at radius 1 is 1.03 bits per heavy atom. The average molecular weight is 478 g/mol. The third-order valence-electron chi connectivity index (χ3n) is 4.78. The van der Waals surface area contributed by atoms with Crippen LogP contribution in [0, 0.1) is 11.6 Å². The van der Waals surface area contributed by atoms with Gasteiger partial charge in [-0.25, -0.2) is 13.8 Å². The predicted octanol–water partition coefficient (Wildman–Crippen LogP) is 4.21. The molecule has 0 unspecified atom stereocenters. The van der Waals surface area contributed by atoms with Crippen molar-refractivity contribution in [1.29, 1.82) is 0 Å². The molecule has 1 amide bonds. The number of hydrogen-bond acceptors (Lipinski definition) is 7. The van der Waals surface area contributed by atoms with E-state index in [1.54, 1.807) is 18.2 Å². The number of likely N-dealkylation sites (N-methyl/N-ethyl adjacent to an activating group) is 1. The molecule has 0 aliphatic carbocycles. The minimum Gasteiger partial charge on any atom is -0.493 e. The van der Waals surface area contributed by atoms with Crippen molar-refractivity contribution >= 4 is 38.7 Å². The normalized spacial score (nSPS) is 11.4. The summed E-state index contributed by atoms with van der Waals surface area (Å²) in [5, 5.41) is 0.288. The van der Waals surface area contributed by atoms with Crippen LogP contribution in [0.1, 0.15) is 5.56 Å². The maximum atomic E-state index is 14.2. The number of benzene rings is 2. The van der Waals surface area contributed by atoms with Crippen LogP contribution in [0.3, 0.4) is 0 Å². The molecule has 0 saturated carbocycles. The number of hydrogen-bond donors (Lipinski definition) is 0. The smallest absolute Gasteiger partial charge is 0.252 e. The van der Waals surface area contributed by atoms with Gasteiger partial charge in [-0.15, -0.1) is 0 Å². The van der Waals surface area contributed by atoms with Crippen molar-refractivity contribution in [1.82, 2.24) is 9.88 Å². The molecule has 10 heteroatoms. The molecule has 1 aromatic heterocycles. The van der Waals surface area contributed by atoms with E-state index in [9.17, 15) is 13.6 Å². The number of methoxy groups -OCH3 is 3. The van der Waals surface area contributed by atoms with Gasteiger partial charge in [0, 0.05) is 25.2 Å². The molecule has 0 radical (unpaired) electrons. The van der Waals surface area contributed by atoms with Gasteiger partial charge in [0.1, 0.15) is 11.3 Å². The Kier molecular flexibility index (Phi) is 7.83. The second-order valence-corrected chi connectivity index (χ2v) is 8.33. The van der Waals surface area contributed by atoms with Crippen LogP contribution in [0.25, 0.3) is 16.3 Å². The number of carbonyl (C=O) groups is 1. The second kappa shape index (κ2) is 10.6. The van der Waals surface area contributed by atoms with E-state index < -0.39 is 11.6 Å². The first-order chi connectivity index (χ1) is 15.8. The standard InChI is InChI=1S/C23H25F2N3O4S/c1-27(2)8-9-28(23-26-21-16(25)12-15(24)13-19(21)33-23)20(29)7-6-14-10-17(30-3)22(32-5)18(11-14)31-4/h6-7,10-13H,8-9H2,1-5H3. The number of anilines is 1. The van der Waals surface area contributed by atoms with Crippen LogP contribution in [-0.2, 0) is 4.79 Å². The number of amides is 1. The topological polar surface area (TPSA) is 64.1 Å². The molecular formula is C23H25F2N3O4S. The summed E-state index contributed by atoms with van der Waals surface area (Å²) in [7, 11) is 8.28. The quantitative estimate of drug-likeness (QED) is 0.431. The van der Waals surface area contributed by atoms with E-state index in [1.165, 1.54) is 38.4 Å². The maximum Gasteiger partial charge on any atom is 0.252 e. The summed E-state index contributed by atoms with van der Waals surface area (Å²) in [6.45, 7) is 0.867. The average Bonchev–Trinajstić information content (AvgIpc) is 3.20. The molecule has 7 nitrogen and oxygen atoms in total. The van der Waals surface area contributed by atoms with Crippen LogP contribution in [0.2, 0.25) is 0 Å². The van der Waals surface area contributed by atoms with E-state index in [1.807, 2.05) is 19.0 Å². The number of halogens is 2. The predicted molar refractivity (Wildman–Crippen MR) is 126 cm³/mol. The monoisotopic (exact) mass is 477 g/mol. The van der Waals surface area contributed by atoms with E-state index in [4.69, 9.17) is 14.2 Å². The number of fused-ring (bicyclic) bond motifs is 1. The Morgan fingerprint density at radius 3 is 2.27 bits per heavy atom. The lowest BCUT2D eigenvalue weighted by molar-refractivity contribution is -0.114. The second-order valence-electron chi connectivity index (χ2n) is 7.32. The van der Waals surface area contributed by atoms with Crippen molar-refractivity contribution in [2.24, 2.45) is 0 Å². The summed E-state index contributed by atoms with van der Waals surface area (Å²) in [5.41, 5.74) is 0.690. The molecule has 0 aliphatic heterocycles. The van der Waals surface area contributed by atoms with Gasteiger partial charge in [-0.05, 0) is 43.9 Å². The van der Waals surface area contributed by atoms with E-state index in [0.29, 0.717) is 40.6 Å². The van der Waals surface area contributed by atoms with Gasteiger partial charge < -0.3 is 19.1 Å². The Balaban J connectivity index is 1.95. The Morgan fingerprint density at radius 2 is 1.70 bits per heavy atom. The first kappa shape index (κ1) is 24.4. The van der Waals surface area contributed by atoms with Gasteiger partial charge in [-0.1, -0.05) is 11.3 Å². The summed E-state index contributed by atoms with van der Waals surface area (Å²) in [6.07, 6.45) is 3.00. The molecule has 3 aromatic rings. The minimum atomic E-state index is -0.763. The summed E-state index contributed by atoms with van der Waals surface area (Å²) in [5.74, 6) is -0.455. The van der Waals surface area contributed by atoms with Crippen molar-refractivity contribution in [2.75, 3.05) is 53.4 Å². The molecule has 2 aromatic carbocycles. The molecular weight excluding hydrogens is 452 g/mol. The summed E-state index contributed by atoms with van der Waals surface area (Å²) in [6, 6.07) is 5.42. The number of ether oxygens (including phenoxy) is 3. The van der Waals surface area contributed by atoms with Gasteiger partial charge in [-0.2, -0.15) is 0 Å².